The molecule has 1 aliphatic heterocycles. The molecule has 9 nitrogen and oxygen atoms in total. The summed E-state index contributed by atoms with van der Waals surface area (Å²) in [4.78, 5) is 32.2. The lowest BCUT2D eigenvalue weighted by atomic mass is 9.99. The number of benzene rings is 2. The fourth-order valence-corrected chi connectivity index (χ4v) is 4.98. The number of aryl methyl sites for hydroxylation is 1. The van der Waals surface area contributed by atoms with E-state index in [-0.39, 0.29) is 11.9 Å². The maximum absolute atomic E-state index is 13.6. The lowest BCUT2D eigenvalue weighted by molar-refractivity contribution is 0.0997. The number of H-pyrrole nitrogens is 1. The maximum Gasteiger partial charge on any atom is 0.259 e. The number of aromatic amines is 1. The van der Waals surface area contributed by atoms with Crippen LogP contribution in [0.1, 0.15) is 28.4 Å². The first-order chi connectivity index (χ1) is 18.9. The SMILES string of the molecule is CN/C(C)=C\C(N)=N/c1ncc(C)c(-c2c[nH]c3c(N4Cc5c(cccc5-c5ccoc5)C4=O)cccc23)n1. The molecule has 3 aromatic heterocycles. The van der Waals surface area contributed by atoms with E-state index in [2.05, 4.69) is 20.3 Å². The molecule has 0 bridgehead atoms. The van der Waals surface area contributed by atoms with Crippen molar-refractivity contribution < 1.29 is 9.21 Å². The van der Waals surface area contributed by atoms with Gasteiger partial charge in [-0.15, -0.1) is 0 Å². The normalized spacial score (nSPS) is 13.8. The first-order valence-corrected chi connectivity index (χ1v) is 12.5. The molecule has 4 heterocycles. The van der Waals surface area contributed by atoms with Crippen LogP contribution < -0.4 is 16.0 Å². The Balaban J connectivity index is 1.40. The van der Waals surface area contributed by atoms with Crippen LogP contribution in [0.25, 0.3) is 33.3 Å². The Morgan fingerprint density at radius 1 is 1.18 bits per heavy atom. The van der Waals surface area contributed by atoms with E-state index < -0.39 is 0 Å². The standard InChI is InChI=1S/C30H27N7O2/c1-17-13-34-30(35-26(31)12-18(2)32-3)36-27(17)23-14-33-28-21(23)7-5-9-25(28)37-15-24-20(19-10-11-39-16-19)6-4-8-22(24)29(37)38/h4-14,16,32-33H,15H2,1-3H3,(H2,31,34,35,36)/b18-12-. The summed E-state index contributed by atoms with van der Waals surface area (Å²) >= 11 is 0. The number of furan rings is 1. The highest BCUT2D eigenvalue weighted by Gasteiger charge is 2.32. The minimum Gasteiger partial charge on any atom is -0.472 e. The van der Waals surface area contributed by atoms with Gasteiger partial charge in [-0.2, -0.15) is 4.99 Å². The lowest BCUT2D eigenvalue weighted by Gasteiger charge is -2.17. The molecule has 6 rings (SSSR count). The zero-order valence-corrected chi connectivity index (χ0v) is 21.8. The van der Waals surface area contributed by atoms with Gasteiger partial charge in [0.25, 0.3) is 11.9 Å². The van der Waals surface area contributed by atoms with Crippen LogP contribution in [0.3, 0.4) is 0 Å². The van der Waals surface area contributed by atoms with Gasteiger partial charge in [-0.3, -0.25) is 4.79 Å². The average molecular weight is 518 g/mol. The van der Waals surface area contributed by atoms with Gasteiger partial charge in [0.15, 0.2) is 0 Å². The fourth-order valence-electron chi connectivity index (χ4n) is 4.98. The second kappa shape index (κ2) is 9.60. The number of carbonyl (C=O) groups excluding carboxylic acids is 1. The molecule has 1 amide bonds. The van der Waals surface area contributed by atoms with E-state index >= 15 is 0 Å². The number of fused-ring (bicyclic) bond motifs is 2. The number of amides is 1. The van der Waals surface area contributed by atoms with Gasteiger partial charge in [0.2, 0.25) is 0 Å². The predicted molar refractivity (Wildman–Crippen MR) is 153 cm³/mol. The summed E-state index contributed by atoms with van der Waals surface area (Å²) in [5.74, 6) is 0.546. The third-order valence-electron chi connectivity index (χ3n) is 6.99. The Bertz CT molecular complexity index is 1780. The number of hydrogen-bond donors (Lipinski definition) is 3. The highest BCUT2D eigenvalue weighted by atomic mass is 16.3. The van der Waals surface area contributed by atoms with E-state index in [1.165, 1.54) is 0 Å². The molecule has 0 atom stereocenters. The van der Waals surface area contributed by atoms with Crippen molar-refractivity contribution in [1.82, 2.24) is 20.3 Å². The van der Waals surface area contributed by atoms with Gasteiger partial charge in [0.05, 0.1) is 36.0 Å². The van der Waals surface area contributed by atoms with Gasteiger partial charge < -0.3 is 25.4 Å². The summed E-state index contributed by atoms with van der Waals surface area (Å²) in [6.07, 6.45) is 8.73. The van der Waals surface area contributed by atoms with Crippen LogP contribution in [-0.4, -0.2) is 33.7 Å². The smallest absolute Gasteiger partial charge is 0.259 e. The Kier molecular flexibility index (Phi) is 5.95. The van der Waals surface area contributed by atoms with Crippen LogP contribution in [0.15, 0.2) is 88.6 Å². The number of rotatable bonds is 6. The molecule has 5 aromatic rings. The number of allylic oxidation sites excluding steroid dienone is 1. The zero-order valence-electron chi connectivity index (χ0n) is 21.8. The van der Waals surface area contributed by atoms with Crippen LogP contribution in [-0.2, 0) is 6.54 Å². The molecule has 0 radical (unpaired) electrons. The van der Waals surface area contributed by atoms with Crippen molar-refractivity contribution in [3.8, 4) is 22.4 Å². The van der Waals surface area contributed by atoms with Gasteiger partial charge >= 0.3 is 0 Å². The summed E-state index contributed by atoms with van der Waals surface area (Å²) < 4.78 is 5.30. The van der Waals surface area contributed by atoms with E-state index in [1.54, 1.807) is 24.8 Å². The van der Waals surface area contributed by atoms with Crippen molar-refractivity contribution in [2.45, 2.75) is 20.4 Å². The minimum absolute atomic E-state index is 0.0331. The van der Waals surface area contributed by atoms with E-state index in [0.717, 1.165) is 55.8 Å². The van der Waals surface area contributed by atoms with Crippen molar-refractivity contribution in [1.29, 1.82) is 0 Å². The number of carbonyl (C=O) groups is 1. The number of para-hydroxylation sites is 1. The van der Waals surface area contributed by atoms with E-state index in [9.17, 15) is 4.79 Å². The molecule has 0 saturated carbocycles. The van der Waals surface area contributed by atoms with Crippen LogP contribution in [0.4, 0.5) is 11.6 Å². The van der Waals surface area contributed by atoms with Gasteiger partial charge in [-0.25, -0.2) is 9.97 Å². The van der Waals surface area contributed by atoms with Crippen molar-refractivity contribution in [2.24, 2.45) is 10.7 Å². The van der Waals surface area contributed by atoms with Crippen LogP contribution >= 0.6 is 0 Å². The third kappa shape index (κ3) is 4.23. The Hall–Kier alpha value is -5.18. The summed E-state index contributed by atoms with van der Waals surface area (Å²) in [6.45, 7) is 4.32. The van der Waals surface area contributed by atoms with E-state index in [1.807, 2.05) is 74.5 Å². The molecule has 39 heavy (non-hydrogen) atoms. The molecule has 9 heteroatoms. The largest absolute Gasteiger partial charge is 0.472 e. The fraction of sp³-hybridized carbons (Fsp3) is 0.133. The van der Waals surface area contributed by atoms with Gasteiger partial charge in [0, 0.05) is 47.2 Å². The second-order valence-electron chi connectivity index (χ2n) is 9.45. The van der Waals surface area contributed by atoms with Crippen molar-refractivity contribution in [3.05, 3.63) is 95.8 Å². The molecular formula is C30H27N7O2. The predicted octanol–water partition coefficient (Wildman–Crippen LogP) is 5.47. The minimum atomic E-state index is -0.0331. The van der Waals surface area contributed by atoms with Crippen molar-refractivity contribution in [3.63, 3.8) is 0 Å². The van der Waals surface area contributed by atoms with E-state index in [4.69, 9.17) is 15.1 Å². The van der Waals surface area contributed by atoms with Crippen LogP contribution in [0.5, 0.6) is 0 Å². The monoisotopic (exact) mass is 517 g/mol. The van der Waals surface area contributed by atoms with Gasteiger partial charge in [-0.1, -0.05) is 24.3 Å². The second-order valence-corrected chi connectivity index (χ2v) is 9.45. The molecule has 1 aliphatic rings. The Morgan fingerprint density at radius 2 is 2.00 bits per heavy atom. The summed E-state index contributed by atoms with van der Waals surface area (Å²) in [5.41, 5.74) is 14.8. The lowest BCUT2D eigenvalue weighted by Crippen LogP contribution is -2.23. The number of nitrogens with zero attached hydrogens (tertiary/aromatic N) is 4. The maximum atomic E-state index is 13.6. The molecule has 0 aliphatic carbocycles. The Morgan fingerprint density at radius 3 is 2.79 bits per heavy atom. The van der Waals surface area contributed by atoms with Crippen LogP contribution in [0.2, 0.25) is 0 Å². The molecule has 0 spiro atoms. The summed E-state index contributed by atoms with van der Waals surface area (Å²) in [5, 5.41) is 3.96. The van der Waals surface area contributed by atoms with Crippen molar-refractivity contribution in [2.75, 3.05) is 11.9 Å². The first kappa shape index (κ1) is 24.2. The number of aromatic nitrogens is 3. The molecule has 0 saturated heterocycles. The highest BCUT2D eigenvalue weighted by Crippen LogP contribution is 2.40. The zero-order chi connectivity index (χ0) is 27.1. The Labute approximate surface area is 225 Å². The van der Waals surface area contributed by atoms with Gasteiger partial charge in [0.1, 0.15) is 5.84 Å². The molecule has 0 unspecified atom stereocenters. The third-order valence-corrected chi connectivity index (χ3v) is 6.99. The highest BCUT2D eigenvalue weighted by molar-refractivity contribution is 6.15. The number of aliphatic imine (C=N–C) groups is 1. The summed E-state index contributed by atoms with van der Waals surface area (Å²) in [7, 11) is 1.82. The number of hydrogen-bond acceptors (Lipinski definition) is 6. The number of nitrogens with two attached hydrogens (primary N) is 1. The molecule has 4 N–H and O–H groups in total. The molecule has 2 aromatic carbocycles. The number of anilines is 1. The topological polar surface area (TPSA) is 125 Å². The first-order valence-electron chi connectivity index (χ1n) is 12.5. The van der Waals surface area contributed by atoms with Crippen LogP contribution in [0, 0.1) is 6.92 Å². The summed E-state index contributed by atoms with van der Waals surface area (Å²) in [6, 6.07) is 13.7. The quantitative estimate of drug-likeness (QED) is 0.203. The molecule has 0 fully saturated rings. The van der Waals surface area contributed by atoms with Gasteiger partial charge in [-0.05, 0) is 54.8 Å². The number of amidine groups is 1. The van der Waals surface area contributed by atoms with Crippen molar-refractivity contribution >= 4 is 34.3 Å². The average Bonchev–Trinajstić information content (AvgIpc) is 3.69. The van der Waals surface area contributed by atoms with E-state index in [0.29, 0.717) is 17.9 Å². The molecular weight excluding hydrogens is 490 g/mol. The molecule has 194 valence electrons. The number of nitrogens with one attached hydrogen (secondary N) is 2.